The molecule has 0 aromatic carbocycles. The number of terminal acetylenes is 1. The molecule has 0 spiro atoms. The standard InChI is InChI=1S/C13H24O10.C2H2.CH4/c14-2-6-11(19)12(20)9(17)5(22-6)1-4-8(16)10(18)7(3-15)23-13(4)21;1-2;/h4-21H,1-3H2;1-2H;1H4/t4-,5+,6?,7?,8?,9?,10?,11?,12?,13?;;/m1../s1. The molecule has 8 unspecified atom stereocenters. The summed E-state index contributed by atoms with van der Waals surface area (Å²) in [5.74, 6) is -1.06. The van der Waals surface area contributed by atoms with Gasteiger partial charge in [0.15, 0.2) is 6.29 Å². The molecule has 0 aliphatic carbocycles. The second kappa shape index (κ2) is 11.1. The first kappa shape index (κ1) is 25.2. The van der Waals surface area contributed by atoms with E-state index in [0.717, 1.165) is 0 Å². The van der Waals surface area contributed by atoms with Crippen LogP contribution in [0, 0.1) is 18.8 Å². The molecule has 10 nitrogen and oxygen atoms in total. The largest absolute Gasteiger partial charge is 0.394 e. The van der Waals surface area contributed by atoms with Crippen molar-refractivity contribution >= 4 is 0 Å². The molecule has 10 atom stereocenters. The fourth-order valence-corrected chi connectivity index (χ4v) is 3.05. The van der Waals surface area contributed by atoms with Gasteiger partial charge in [0.2, 0.25) is 0 Å². The van der Waals surface area contributed by atoms with Crippen molar-refractivity contribution in [1.29, 1.82) is 0 Å². The summed E-state index contributed by atoms with van der Waals surface area (Å²) in [6.07, 6.45) is -4.59. The average molecular weight is 382 g/mol. The Balaban J connectivity index is 0.00000201. The highest BCUT2D eigenvalue weighted by Crippen LogP contribution is 2.32. The summed E-state index contributed by atoms with van der Waals surface area (Å²) in [6, 6.07) is 0. The third-order valence-corrected chi connectivity index (χ3v) is 4.53. The lowest BCUT2D eigenvalue weighted by atomic mass is 9.83. The van der Waals surface area contributed by atoms with Crippen molar-refractivity contribution in [2.75, 3.05) is 13.2 Å². The topological polar surface area (TPSA) is 180 Å². The fourth-order valence-electron chi connectivity index (χ4n) is 3.05. The van der Waals surface area contributed by atoms with Crippen LogP contribution < -0.4 is 0 Å². The normalized spacial score (nSPS) is 45.8. The van der Waals surface area contributed by atoms with Crippen molar-refractivity contribution in [3.05, 3.63) is 0 Å². The molecule has 0 aromatic rings. The van der Waals surface area contributed by atoms with Crippen molar-refractivity contribution < 1.29 is 50.3 Å². The molecule has 10 heteroatoms. The minimum atomic E-state index is -1.57. The van der Waals surface area contributed by atoms with Crippen LogP contribution in [0.25, 0.3) is 0 Å². The fraction of sp³-hybridized carbons (Fsp3) is 0.875. The van der Waals surface area contributed by atoms with Crippen molar-refractivity contribution in [3.8, 4) is 12.8 Å². The minimum Gasteiger partial charge on any atom is -0.394 e. The van der Waals surface area contributed by atoms with E-state index >= 15 is 0 Å². The van der Waals surface area contributed by atoms with Gasteiger partial charge in [-0.05, 0) is 6.42 Å². The van der Waals surface area contributed by atoms with Gasteiger partial charge in [-0.15, -0.1) is 12.8 Å². The SMILES string of the molecule is C.C#C.OCC1O[C@@H](C[C@H]2C(O)OC(CO)C(O)C2O)C(O)C(O)C1O. The number of hydrogen-bond donors (Lipinski definition) is 8. The average Bonchev–Trinajstić information content (AvgIpc) is 2.63. The Labute approximate surface area is 152 Å². The van der Waals surface area contributed by atoms with Gasteiger partial charge in [0.25, 0.3) is 0 Å². The molecular weight excluding hydrogens is 352 g/mol. The van der Waals surface area contributed by atoms with Crippen LogP contribution >= 0.6 is 0 Å². The van der Waals surface area contributed by atoms with Crippen molar-refractivity contribution in [1.82, 2.24) is 0 Å². The minimum absolute atomic E-state index is 0. The van der Waals surface area contributed by atoms with Gasteiger partial charge in [0, 0.05) is 5.92 Å². The van der Waals surface area contributed by atoms with Crippen LogP contribution in [0.5, 0.6) is 0 Å². The molecule has 2 saturated heterocycles. The second-order valence-electron chi connectivity index (χ2n) is 6.00. The summed E-state index contributed by atoms with van der Waals surface area (Å²) in [4.78, 5) is 0. The Morgan fingerprint density at radius 3 is 1.54 bits per heavy atom. The summed E-state index contributed by atoms with van der Waals surface area (Å²) in [5.41, 5.74) is 0. The monoisotopic (exact) mass is 382 g/mol. The third-order valence-electron chi connectivity index (χ3n) is 4.53. The van der Waals surface area contributed by atoms with E-state index < -0.39 is 74.3 Å². The van der Waals surface area contributed by atoms with Gasteiger partial charge in [-0.2, -0.15) is 0 Å². The van der Waals surface area contributed by atoms with E-state index in [1.54, 1.807) is 0 Å². The summed E-state index contributed by atoms with van der Waals surface area (Å²) >= 11 is 0. The molecule has 8 N–H and O–H groups in total. The summed E-state index contributed by atoms with van der Waals surface area (Å²) in [5, 5.41) is 77.4. The molecule has 0 bridgehead atoms. The van der Waals surface area contributed by atoms with Crippen LogP contribution in [-0.4, -0.2) is 109 Å². The van der Waals surface area contributed by atoms with E-state index in [2.05, 4.69) is 12.8 Å². The van der Waals surface area contributed by atoms with Crippen LogP contribution in [0.1, 0.15) is 13.8 Å². The Bertz CT molecular complexity index is 417. The quantitative estimate of drug-likeness (QED) is 0.224. The maximum atomic E-state index is 10.1. The van der Waals surface area contributed by atoms with Gasteiger partial charge >= 0.3 is 0 Å². The first-order valence-corrected chi connectivity index (χ1v) is 7.76. The zero-order valence-electron chi connectivity index (χ0n) is 13.4. The first-order chi connectivity index (χ1) is 11.8. The Hall–Kier alpha value is -0.840. The van der Waals surface area contributed by atoms with Crippen molar-refractivity contribution in [2.24, 2.45) is 5.92 Å². The van der Waals surface area contributed by atoms with E-state index in [1.807, 2.05) is 0 Å². The van der Waals surface area contributed by atoms with Crippen LogP contribution in [0.2, 0.25) is 0 Å². The van der Waals surface area contributed by atoms with Crippen LogP contribution in [0.15, 0.2) is 0 Å². The zero-order valence-corrected chi connectivity index (χ0v) is 13.4. The number of hydrogen-bond acceptors (Lipinski definition) is 10. The molecule has 2 heterocycles. The number of ether oxygens (including phenoxy) is 2. The molecule has 0 amide bonds. The van der Waals surface area contributed by atoms with E-state index in [0.29, 0.717) is 0 Å². The molecule has 0 radical (unpaired) electrons. The summed E-state index contributed by atoms with van der Waals surface area (Å²) < 4.78 is 10.3. The predicted octanol–water partition coefficient (Wildman–Crippen LogP) is -3.85. The highest BCUT2D eigenvalue weighted by molar-refractivity contribution is 4.96. The molecule has 2 fully saturated rings. The molecule has 0 aromatic heterocycles. The molecule has 26 heavy (non-hydrogen) atoms. The zero-order chi connectivity index (χ0) is 19.3. The van der Waals surface area contributed by atoms with Crippen LogP contribution in [0.4, 0.5) is 0 Å². The molecular formula is C16H30O10. The highest BCUT2D eigenvalue weighted by Gasteiger charge is 2.49. The maximum Gasteiger partial charge on any atom is 0.160 e. The lowest BCUT2D eigenvalue weighted by Crippen LogP contribution is -2.61. The lowest BCUT2D eigenvalue weighted by molar-refractivity contribution is -0.285. The molecule has 2 aliphatic heterocycles. The van der Waals surface area contributed by atoms with Crippen molar-refractivity contribution in [2.45, 2.75) is 69.0 Å². The molecule has 0 saturated carbocycles. The lowest BCUT2D eigenvalue weighted by Gasteiger charge is -2.45. The Morgan fingerprint density at radius 1 is 0.615 bits per heavy atom. The number of aliphatic hydroxyl groups is 8. The predicted molar refractivity (Wildman–Crippen MR) is 88.5 cm³/mol. The summed E-state index contributed by atoms with van der Waals surface area (Å²) in [7, 11) is 0. The van der Waals surface area contributed by atoms with Gasteiger partial charge in [0.05, 0.1) is 25.4 Å². The van der Waals surface area contributed by atoms with Gasteiger partial charge < -0.3 is 50.3 Å². The number of rotatable bonds is 4. The second-order valence-corrected chi connectivity index (χ2v) is 6.00. The maximum absolute atomic E-state index is 10.1. The van der Waals surface area contributed by atoms with Crippen LogP contribution in [-0.2, 0) is 9.47 Å². The van der Waals surface area contributed by atoms with E-state index in [-0.39, 0.29) is 13.8 Å². The van der Waals surface area contributed by atoms with E-state index in [4.69, 9.17) is 19.7 Å². The van der Waals surface area contributed by atoms with Gasteiger partial charge in [-0.3, -0.25) is 0 Å². The van der Waals surface area contributed by atoms with Crippen molar-refractivity contribution in [3.63, 3.8) is 0 Å². The number of aliphatic hydroxyl groups excluding tert-OH is 8. The smallest absolute Gasteiger partial charge is 0.160 e. The summed E-state index contributed by atoms with van der Waals surface area (Å²) in [6.45, 7) is -1.19. The van der Waals surface area contributed by atoms with Crippen LogP contribution in [0.3, 0.4) is 0 Å². The first-order valence-electron chi connectivity index (χ1n) is 7.76. The van der Waals surface area contributed by atoms with Gasteiger partial charge in [-0.1, -0.05) is 7.43 Å². The Morgan fingerprint density at radius 2 is 1.04 bits per heavy atom. The highest BCUT2D eigenvalue weighted by atomic mass is 16.6. The van der Waals surface area contributed by atoms with E-state index in [1.165, 1.54) is 0 Å². The molecule has 2 aliphatic rings. The third kappa shape index (κ3) is 5.11. The van der Waals surface area contributed by atoms with Gasteiger partial charge in [-0.25, -0.2) is 0 Å². The Kier molecular flexibility index (Phi) is 10.7. The van der Waals surface area contributed by atoms with Gasteiger partial charge in [0.1, 0.15) is 36.6 Å². The van der Waals surface area contributed by atoms with E-state index in [9.17, 15) is 30.6 Å². The molecule has 2 rings (SSSR count). The molecule has 154 valence electrons.